The summed E-state index contributed by atoms with van der Waals surface area (Å²) < 4.78 is 11.9. The Morgan fingerprint density at radius 3 is 2.52 bits per heavy atom. The number of carbonyl (C=O) groups is 1. The Balaban J connectivity index is 1.97. The maximum absolute atomic E-state index is 11.7. The molecule has 0 spiro atoms. The Bertz CT molecular complexity index is 822. The van der Waals surface area contributed by atoms with Gasteiger partial charge in [0.05, 0.1) is 25.3 Å². The molecule has 0 radical (unpaired) electrons. The quantitative estimate of drug-likeness (QED) is 0.680. The third-order valence-electron chi connectivity index (χ3n) is 3.77. The third kappa shape index (κ3) is 3.18. The number of hydrogen-bond donors (Lipinski definition) is 0. The van der Waals surface area contributed by atoms with E-state index in [0.29, 0.717) is 6.42 Å². The minimum absolute atomic E-state index is 0.155. The Morgan fingerprint density at radius 1 is 1.09 bits per heavy atom. The van der Waals surface area contributed by atoms with Gasteiger partial charge < -0.3 is 14.0 Å². The largest absolute Gasteiger partial charge is 0.497 e. The lowest BCUT2D eigenvalue weighted by Crippen LogP contribution is -2.14. The van der Waals surface area contributed by atoms with Crippen molar-refractivity contribution in [1.82, 2.24) is 9.55 Å². The maximum Gasteiger partial charge on any atom is 0.325 e. The normalized spacial score (nSPS) is 10.7. The molecule has 0 fully saturated rings. The number of methoxy groups -OCH3 is 2. The first kappa shape index (κ1) is 15.1. The third-order valence-corrected chi connectivity index (χ3v) is 3.77. The molecule has 0 aliphatic rings. The Hall–Kier alpha value is -2.82. The predicted octanol–water partition coefficient (Wildman–Crippen LogP) is 2.81. The van der Waals surface area contributed by atoms with Crippen LogP contribution in [0.1, 0.15) is 11.4 Å². The van der Waals surface area contributed by atoms with Crippen LogP contribution in [0, 0.1) is 0 Å². The van der Waals surface area contributed by atoms with Crippen LogP contribution in [0.5, 0.6) is 5.75 Å². The highest BCUT2D eigenvalue weighted by atomic mass is 16.5. The molecule has 1 aromatic heterocycles. The van der Waals surface area contributed by atoms with E-state index in [1.54, 1.807) is 7.11 Å². The number of benzene rings is 2. The fraction of sp³-hybridized carbons (Fsp3) is 0.222. The number of carbonyl (C=O) groups excluding carboxylic acids is 1. The molecule has 0 amide bonds. The molecule has 0 atom stereocenters. The topological polar surface area (TPSA) is 53.4 Å². The summed E-state index contributed by atoms with van der Waals surface area (Å²) >= 11 is 0. The molecule has 0 N–H and O–H groups in total. The number of esters is 1. The highest BCUT2D eigenvalue weighted by Crippen LogP contribution is 2.20. The second kappa shape index (κ2) is 6.52. The number of fused-ring (bicyclic) bond motifs is 1. The van der Waals surface area contributed by atoms with Crippen LogP contribution in [0.15, 0.2) is 48.5 Å². The van der Waals surface area contributed by atoms with Crippen LogP contribution in [0.3, 0.4) is 0 Å². The summed E-state index contributed by atoms with van der Waals surface area (Å²) in [5.41, 5.74) is 2.91. The molecule has 0 aliphatic heterocycles. The lowest BCUT2D eigenvalue weighted by molar-refractivity contribution is -0.141. The second-order valence-corrected chi connectivity index (χ2v) is 5.20. The number of imidazole rings is 1. The zero-order chi connectivity index (χ0) is 16.2. The van der Waals surface area contributed by atoms with Gasteiger partial charge in [-0.15, -0.1) is 0 Å². The molecular formula is C18H18N2O3. The summed E-state index contributed by atoms with van der Waals surface area (Å²) in [7, 11) is 3.04. The molecule has 1 heterocycles. The molecule has 5 nitrogen and oxygen atoms in total. The van der Waals surface area contributed by atoms with Crippen molar-refractivity contribution < 1.29 is 14.3 Å². The minimum Gasteiger partial charge on any atom is -0.497 e. The Morgan fingerprint density at radius 2 is 1.83 bits per heavy atom. The summed E-state index contributed by atoms with van der Waals surface area (Å²) in [4.78, 5) is 16.4. The number of hydrogen-bond acceptors (Lipinski definition) is 4. The van der Waals surface area contributed by atoms with Crippen molar-refractivity contribution in [1.29, 1.82) is 0 Å². The van der Waals surface area contributed by atoms with E-state index in [1.807, 2.05) is 53.1 Å². The van der Waals surface area contributed by atoms with Crippen LogP contribution < -0.4 is 4.74 Å². The van der Waals surface area contributed by atoms with E-state index in [0.717, 1.165) is 28.2 Å². The van der Waals surface area contributed by atoms with Gasteiger partial charge in [-0.05, 0) is 29.8 Å². The molecule has 0 saturated heterocycles. The Labute approximate surface area is 134 Å². The van der Waals surface area contributed by atoms with Crippen molar-refractivity contribution in [2.45, 2.75) is 13.0 Å². The summed E-state index contributed by atoms with van der Waals surface area (Å²) in [5, 5.41) is 0. The van der Waals surface area contributed by atoms with Gasteiger partial charge in [0.1, 0.15) is 18.1 Å². The van der Waals surface area contributed by atoms with Gasteiger partial charge >= 0.3 is 5.97 Å². The SMILES string of the molecule is COC(=O)Cn1c(Cc2ccc(OC)cc2)nc2ccccc21. The van der Waals surface area contributed by atoms with Gasteiger partial charge in [-0.25, -0.2) is 4.98 Å². The van der Waals surface area contributed by atoms with Crippen LogP contribution in [-0.4, -0.2) is 29.7 Å². The van der Waals surface area contributed by atoms with Gasteiger partial charge in [0.15, 0.2) is 0 Å². The van der Waals surface area contributed by atoms with E-state index in [2.05, 4.69) is 4.98 Å². The second-order valence-electron chi connectivity index (χ2n) is 5.20. The van der Waals surface area contributed by atoms with Gasteiger partial charge in [0, 0.05) is 6.42 Å². The number of ether oxygens (including phenoxy) is 2. The van der Waals surface area contributed by atoms with Gasteiger partial charge in [-0.1, -0.05) is 24.3 Å². The zero-order valence-corrected chi connectivity index (χ0v) is 13.2. The van der Waals surface area contributed by atoms with Crippen LogP contribution in [-0.2, 0) is 22.5 Å². The first-order chi connectivity index (χ1) is 11.2. The monoisotopic (exact) mass is 310 g/mol. The molecule has 0 bridgehead atoms. The molecular weight excluding hydrogens is 292 g/mol. The summed E-state index contributed by atoms with van der Waals surface area (Å²) in [6.07, 6.45) is 0.635. The number of rotatable bonds is 5. The number of aromatic nitrogens is 2. The fourth-order valence-corrected chi connectivity index (χ4v) is 2.56. The van der Waals surface area contributed by atoms with Crippen molar-refractivity contribution in [3.05, 3.63) is 59.9 Å². The van der Waals surface area contributed by atoms with Gasteiger partial charge in [-0.2, -0.15) is 0 Å². The first-order valence-corrected chi connectivity index (χ1v) is 7.35. The Kier molecular flexibility index (Phi) is 4.28. The molecule has 5 heteroatoms. The van der Waals surface area contributed by atoms with Gasteiger partial charge in [0.25, 0.3) is 0 Å². The highest BCUT2D eigenvalue weighted by molar-refractivity contribution is 5.79. The average Bonchev–Trinajstić information content (AvgIpc) is 2.93. The molecule has 0 aliphatic carbocycles. The van der Waals surface area contributed by atoms with Crippen molar-refractivity contribution in [3.8, 4) is 5.75 Å². The zero-order valence-electron chi connectivity index (χ0n) is 13.2. The van der Waals surface area contributed by atoms with Crippen molar-refractivity contribution in [3.63, 3.8) is 0 Å². The van der Waals surface area contributed by atoms with E-state index in [-0.39, 0.29) is 12.5 Å². The molecule has 3 aromatic rings. The lowest BCUT2D eigenvalue weighted by Gasteiger charge is -2.08. The van der Waals surface area contributed by atoms with Gasteiger partial charge in [-0.3, -0.25) is 4.79 Å². The predicted molar refractivity (Wildman–Crippen MR) is 87.5 cm³/mol. The smallest absolute Gasteiger partial charge is 0.325 e. The molecule has 118 valence electrons. The average molecular weight is 310 g/mol. The van der Waals surface area contributed by atoms with E-state index in [1.165, 1.54) is 7.11 Å². The summed E-state index contributed by atoms with van der Waals surface area (Å²) in [5.74, 6) is 1.36. The van der Waals surface area contributed by atoms with E-state index < -0.39 is 0 Å². The van der Waals surface area contributed by atoms with Crippen LogP contribution in [0.2, 0.25) is 0 Å². The van der Waals surface area contributed by atoms with Crippen LogP contribution in [0.4, 0.5) is 0 Å². The lowest BCUT2D eigenvalue weighted by atomic mass is 10.1. The standard InChI is InChI=1S/C18H18N2O3/c1-22-14-9-7-13(8-10-14)11-17-19-15-5-3-4-6-16(15)20(17)12-18(21)23-2/h3-10H,11-12H2,1-2H3. The summed E-state index contributed by atoms with van der Waals surface area (Å²) in [6, 6.07) is 15.6. The molecule has 0 saturated carbocycles. The first-order valence-electron chi connectivity index (χ1n) is 7.35. The van der Waals surface area contributed by atoms with E-state index >= 15 is 0 Å². The van der Waals surface area contributed by atoms with Crippen LogP contribution in [0.25, 0.3) is 11.0 Å². The van der Waals surface area contributed by atoms with Gasteiger partial charge in [0.2, 0.25) is 0 Å². The fourth-order valence-electron chi connectivity index (χ4n) is 2.56. The minimum atomic E-state index is -0.288. The summed E-state index contributed by atoms with van der Waals surface area (Å²) in [6.45, 7) is 0.155. The maximum atomic E-state index is 11.7. The number of para-hydroxylation sites is 2. The molecule has 3 rings (SSSR count). The molecule has 0 unspecified atom stereocenters. The van der Waals surface area contributed by atoms with E-state index in [4.69, 9.17) is 9.47 Å². The number of nitrogens with zero attached hydrogens (tertiary/aromatic N) is 2. The van der Waals surface area contributed by atoms with Crippen molar-refractivity contribution in [2.75, 3.05) is 14.2 Å². The van der Waals surface area contributed by atoms with Crippen molar-refractivity contribution in [2.24, 2.45) is 0 Å². The van der Waals surface area contributed by atoms with Crippen LogP contribution >= 0.6 is 0 Å². The molecule has 23 heavy (non-hydrogen) atoms. The van der Waals surface area contributed by atoms with E-state index in [9.17, 15) is 4.79 Å². The molecule has 2 aromatic carbocycles. The van der Waals surface area contributed by atoms with Crippen molar-refractivity contribution >= 4 is 17.0 Å². The highest BCUT2D eigenvalue weighted by Gasteiger charge is 2.14.